The van der Waals surface area contributed by atoms with Crippen molar-refractivity contribution in [2.45, 2.75) is 53.1 Å². The second-order valence-electron chi connectivity index (χ2n) is 6.45. The molecule has 134 valence electrons. The van der Waals surface area contributed by atoms with Crippen LogP contribution in [-0.4, -0.2) is 26.9 Å². The summed E-state index contributed by atoms with van der Waals surface area (Å²) in [5.41, 5.74) is 1.83. The summed E-state index contributed by atoms with van der Waals surface area (Å²) in [4.78, 5) is 16.1. The van der Waals surface area contributed by atoms with Gasteiger partial charge in [-0.3, -0.25) is 5.32 Å². The van der Waals surface area contributed by atoms with Gasteiger partial charge in [-0.15, -0.1) is 5.10 Å². The van der Waals surface area contributed by atoms with Crippen LogP contribution in [0, 0.1) is 0 Å². The fourth-order valence-electron chi connectivity index (χ4n) is 2.10. The number of anilines is 1. The van der Waals surface area contributed by atoms with Gasteiger partial charge in [-0.25, -0.2) is 4.79 Å². The Kier molecular flexibility index (Phi) is 5.90. The third kappa shape index (κ3) is 5.70. The fourth-order valence-corrected chi connectivity index (χ4v) is 2.10. The molecule has 1 aromatic heterocycles. The predicted octanol–water partition coefficient (Wildman–Crippen LogP) is 4.14. The molecule has 1 N–H and O–H groups in total. The number of aromatic nitrogens is 3. The molecule has 2 aromatic rings. The van der Waals surface area contributed by atoms with Gasteiger partial charge >= 0.3 is 12.1 Å². The molecular weight excluding hydrogens is 320 g/mol. The molecule has 2 rings (SSSR count). The van der Waals surface area contributed by atoms with Crippen LogP contribution in [0.15, 0.2) is 24.3 Å². The standard InChI is InChI=1S/C18H24N4O3/c1-6-14-15(7-2)21-22-16(20-14)24-13-10-8-12(9-11-13)19-17(23)25-18(3,4)5/h8-11H,6-7H2,1-5H3,(H,19,23). The van der Waals surface area contributed by atoms with Crippen LogP contribution < -0.4 is 10.1 Å². The lowest BCUT2D eigenvalue weighted by Crippen LogP contribution is -2.27. The van der Waals surface area contributed by atoms with Crippen molar-refractivity contribution in [1.82, 2.24) is 15.2 Å². The van der Waals surface area contributed by atoms with E-state index >= 15 is 0 Å². The molecule has 0 spiro atoms. The second-order valence-corrected chi connectivity index (χ2v) is 6.45. The van der Waals surface area contributed by atoms with Crippen molar-refractivity contribution >= 4 is 11.8 Å². The Morgan fingerprint density at radius 1 is 1.04 bits per heavy atom. The third-order valence-corrected chi connectivity index (χ3v) is 3.20. The van der Waals surface area contributed by atoms with Gasteiger partial charge in [0.05, 0.1) is 11.4 Å². The van der Waals surface area contributed by atoms with E-state index in [9.17, 15) is 4.79 Å². The van der Waals surface area contributed by atoms with Gasteiger partial charge < -0.3 is 9.47 Å². The lowest BCUT2D eigenvalue weighted by molar-refractivity contribution is 0.0636. The Labute approximate surface area is 147 Å². The van der Waals surface area contributed by atoms with E-state index in [1.165, 1.54) is 0 Å². The Hall–Kier alpha value is -2.70. The lowest BCUT2D eigenvalue weighted by Gasteiger charge is -2.19. The highest BCUT2D eigenvalue weighted by Gasteiger charge is 2.16. The molecule has 25 heavy (non-hydrogen) atoms. The average molecular weight is 344 g/mol. The first-order valence-electron chi connectivity index (χ1n) is 8.31. The summed E-state index contributed by atoms with van der Waals surface area (Å²) in [6.07, 6.45) is 1.05. The van der Waals surface area contributed by atoms with Crippen molar-refractivity contribution in [3.63, 3.8) is 0 Å². The highest BCUT2D eigenvalue weighted by Crippen LogP contribution is 2.21. The maximum Gasteiger partial charge on any atom is 0.412 e. The lowest BCUT2D eigenvalue weighted by atomic mass is 10.2. The fraction of sp³-hybridized carbons (Fsp3) is 0.444. The minimum absolute atomic E-state index is 0.210. The van der Waals surface area contributed by atoms with E-state index < -0.39 is 11.7 Å². The van der Waals surface area contributed by atoms with E-state index in [2.05, 4.69) is 20.5 Å². The minimum Gasteiger partial charge on any atom is -0.444 e. The number of carbonyl (C=O) groups is 1. The number of ether oxygens (including phenoxy) is 2. The topological polar surface area (TPSA) is 86.2 Å². The first kappa shape index (κ1) is 18.6. The van der Waals surface area contributed by atoms with Gasteiger partial charge in [-0.05, 0) is 57.9 Å². The number of aryl methyl sites for hydroxylation is 2. The van der Waals surface area contributed by atoms with Crippen LogP contribution >= 0.6 is 0 Å². The molecule has 0 saturated heterocycles. The number of carbonyl (C=O) groups excluding carboxylic acids is 1. The zero-order valence-corrected chi connectivity index (χ0v) is 15.3. The summed E-state index contributed by atoms with van der Waals surface area (Å²) in [5, 5.41) is 10.8. The number of amides is 1. The molecule has 1 amide bonds. The predicted molar refractivity (Wildman–Crippen MR) is 95.0 cm³/mol. The van der Waals surface area contributed by atoms with Gasteiger partial charge in [0, 0.05) is 5.69 Å². The van der Waals surface area contributed by atoms with Crippen LogP contribution in [0.1, 0.15) is 46.0 Å². The Morgan fingerprint density at radius 2 is 1.68 bits per heavy atom. The molecule has 1 heterocycles. The second kappa shape index (κ2) is 7.92. The van der Waals surface area contributed by atoms with Crippen LogP contribution in [-0.2, 0) is 17.6 Å². The molecule has 0 bridgehead atoms. The Morgan fingerprint density at radius 3 is 2.24 bits per heavy atom. The summed E-state index contributed by atoms with van der Waals surface area (Å²) in [6.45, 7) is 9.47. The van der Waals surface area contributed by atoms with E-state index in [1.54, 1.807) is 24.3 Å². The SMILES string of the molecule is CCc1nnc(Oc2ccc(NC(=O)OC(C)(C)C)cc2)nc1CC. The molecule has 0 radical (unpaired) electrons. The average Bonchev–Trinajstić information content (AvgIpc) is 2.54. The minimum atomic E-state index is -0.543. The van der Waals surface area contributed by atoms with E-state index in [0.717, 1.165) is 24.2 Å². The van der Waals surface area contributed by atoms with Crippen molar-refractivity contribution in [3.05, 3.63) is 35.7 Å². The number of hydrogen-bond acceptors (Lipinski definition) is 6. The van der Waals surface area contributed by atoms with Crippen LogP contribution in [0.3, 0.4) is 0 Å². The van der Waals surface area contributed by atoms with Crippen molar-refractivity contribution in [2.24, 2.45) is 0 Å². The molecule has 7 heteroatoms. The van der Waals surface area contributed by atoms with Gasteiger partial charge in [0.1, 0.15) is 11.4 Å². The first-order valence-corrected chi connectivity index (χ1v) is 8.31. The van der Waals surface area contributed by atoms with Gasteiger partial charge in [0.15, 0.2) is 0 Å². The molecule has 0 saturated carbocycles. The Bertz CT molecular complexity index is 724. The quantitative estimate of drug-likeness (QED) is 0.877. The summed E-state index contributed by atoms with van der Waals surface area (Å²) in [6, 6.07) is 7.08. The maximum atomic E-state index is 11.7. The highest BCUT2D eigenvalue weighted by atomic mass is 16.6. The van der Waals surface area contributed by atoms with Crippen molar-refractivity contribution < 1.29 is 14.3 Å². The molecule has 0 unspecified atom stereocenters. The molecule has 0 atom stereocenters. The number of benzene rings is 1. The molecule has 0 aliphatic heterocycles. The summed E-state index contributed by atoms with van der Waals surface area (Å²) < 4.78 is 10.8. The monoisotopic (exact) mass is 344 g/mol. The van der Waals surface area contributed by atoms with Gasteiger partial charge in [-0.1, -0.05) is 18.9 Å². The van der Waals surface area contributed by atoms with Crippen LogP contribution in [0.4, 0.5) is 10.5 Å². The zero-order valence-electron chi connectivity index (χ0n) is 15.3. The smallest absolute Gasteiger partial charge is 0.412 e. The van der Waals surface area contributed by atoms with Crippen molar-refractivity contribution in [3.8, 4) is 11.8 Å². The normalized spacial score (nSPS) is 11.1. The largest absolute Gasteiger partial charge is 0.444 e. The van der Waals surface area contributed by atoms with Gasteiger partial charge in [-0.2, -0.15) is 4.98 Å². The number of hydrogen-bond donors (Lipinski definition) is 1. The number of rotatable bonds is 5. The zero-order chi connectivity index (χ0) is 18.4. The van der Waals surface area contributed by atoms with Gasteiger partial charge in [0.2, 0.25) is 0 Å². The van der Waals surface area contributed by atoms with E-state index in [1.807, 2.05) is 34.6 Å². The summed E-state index contributed by atoms with van der Waals surface area (Å²) >= 11 is 0. The molecule has 0 aliphatic carbocycles. The van der Waals surface area contributed by atoms with E-state index in [4.69, 9.17) is 9.47 Å². The first-order chi connectivity index (χ1) is 11.8. The van der Waals surface area contributed by atoms with Crippen molar-refractivity contribution in [2.75, 3.05) is 5.32 Å². The molecule has 0 fully saturated rings. The molecule has 1 aromatic carbocycles. The van der Waals surface area contributed by atoms with Gasteiger partial charge in [0.25, 0.3) is 0 Å². The molecular formula is C18H24N4O3. The summed E-state index contributed by atoms with van der Waals surface area (Å²) in [5.74, 6) is 0.558. The van der Waals surface area contributed by atoms with E-state index in [-0.39, 0.29) is 6.01 Å². The number of nitrogens with zero attached hydrogens (tertiary/aromatic N) is 3. The number of nitrogens with one attached hydrogen (secondary N) is 1. The third-order valence-electron chi connectivity index (χ3n) is 3.20. The van der Waals surface area contributed by atoms with Crippen LogP contribution in [0.2, 0.25) is 0 Å². The maximum absolute atomic E-state index is 11.7. The van der Waals surface area contributed by atoms with Crippen LogP contribution in [0.25, 0.3) is 0 Å². The Balaban J connectivity index is 2.02. The molecule has 0 aliphatic rings. The van der Waals surface area contributed by atoms with Crippen molar-refractivity contribution in [1.29, 1.82) is 0 Å². The summed E-state index contributed by atoms with van der Waals surface area (Å²) in [7, 11) is 0. The van der Waals surface area contributed by atoms with Crippen LogP contribution in [0.5, 0.6) is 11.8 Å². The molecule has 7 nitrogen and oxygen atoms in total. The highest BCUT2D eigenvalue weighted by molar-refractivity contribution is 5.84. The van der Waals surface area contributed by atoms with E-state index in [0.29, 0.717) is 11.4 Å².